The van der Waals surface area contributed by atoms with Crippen LogP contribution < -0.4 is 0 Å². The molecule has 1 radical (unpaired) electrons. The van der Waals surface area contributed by atoms with Crippen LogP contribution in [0.2, 0.25) is 0 Å². The van der Waals surface area contributed by atoms with E-state index in [1.54, 1.807) is 0 Å². The van der Waals surface area contributed by atoms with E-state index in [1.807, 2.05) is 6.07 Å². The Morgan fingerprint density at radius 1 is 1.46 bits per heavy atom. The number of benzene rings is 1. The van der Waals surface area contributed by atoms with Crippen molar-refractivity contribution in [2.24, 2.45) is 0 Å². The number of fused-ring (bicyclic) bond motifs is 3. The van der Waals surface area contributed by atoms with Crippen LogP contribution in [-0.4, -0.2) is 10.2 Å². The van der Waals surface area contributed by atoms with Crippen LogP contribution in [0, 0.1) is 6.20 Å². The number of hydrogen-bond acceptors (Lipinski definition) is 1. The highest BCUT2D eigenvalue weighted by molar-refractivity contribution is 9.10. The number of nitrogens with zero attached hydrogens (tertiary/aromatic N) is 1. The predicted octanol–water partition coefficient (Wildman–Crippen LogP) is 2.54. The van der Waals surface area contributed by atoms with Gasteiger partial charge in [-0.2, -0.15) is 5.10 Å². The van der Waals surface area contributed by atoms with Gasteiger partial charge in [0.2, 0.25) is 0 Å². The maximum Gasteiger partial charge on any atom is 0.0966 e. The van der Waals surface area contributed by atoms with Gasteiger partial charge in [-0.05, 0) is 17.7 Å². The average molecular weight is 234 g/mol. The van der Waals surface area contributed by atoms with Gasteiger partial charge in [0.25, 0.3) is 0 Å². The summed E-state index contributed by atoms with van der Waals surface area (Å²) in [4.78, 5) is 0. The van der Waals surface area contributed by atoms with Crippen molar-refractivity contribution < 1.29 is 0 Å². The van der Waals surface area contributed by atoms with E-state index in [0.717, 1.165) is 16.6 Å². The summed E-state index contributed by atoms with van der Waals surface area (Å²) in [6, 6.07) is 6.29. The first-order chi connectivity index (χ1) is 6.34. The molecule has 0 atom stereocenters. The standard InChI is InChI=1S/C10H6BrN2/c11-8-1-2-9-6(4-8)3-7-5-12-13-10(7)9/h1-2,4H,3H2,(H,12,13). The number of hydrogen-bond donors (Lipinski definition) is 1. The highest BCUT2D eigenvalue weighted by atomic mass is 79.9. The predicted molar refractivity (Wildman–Crippen MR) is 53.4 cm³/mol. The second-order valence-electron chi connectivity index (χ2n) is 3.15. The molecule has 3 heteroatoms. The molecule has 0 bridgehead atoms. The van der Waals surface area contributed by atoms with E-state index >= 15 is 0 Å². The van der Waals surface area contributed by atoms with Crippen LogP contribution >= 0.6 is 15.9 Å². The second kappa shape index (κ2) is 2.45. The summed E-state index contributed by atoms with van der Waals surface area (Å²) in [6.07, 6.45) is 3.98. The molecule has 2 nitrogen and oxygen atoms in total. The van der Waals surface area contributed by atoms with Crippen LogP contribution in [0.3, 0.4) is 0 Å². The molecular weight excluding hydrogens is 228 g/mol. The summed E-state index contributed by atoms with van der Waals surface area (Å²) >= 11 is 3.46. The molecule has 0 aliphatic heterocycles. The van der Waals surface area contributed by atoms with E-state index < -0.39 is 0 Å². The van der Waals surface area contributed by atoms with Crippen LogP contribution in [-0.2, 0) is 6.42 Å². The van der Waals surface area contributed by atoms with E-state index in [4.69, 9.17) is 0 Å². The van der Waals surface area contributed by atoms with Crippen LogP contribution in [0.5, 0.6) is 0 Å². The van der Waals surface area contributed by atoms with E-state index in [1.165, 1.54) is 16.7 Å². The van der Waals surface area contributed by atoms with E-state index in [-0.39, 0.29) is 0 Å². The Balaban J connectivity index is 2.29. The van der Waals surface area contributed by atoms with Crippen molar-refractivity contribution in [3.05, 3.63) is 40.0 Å². The monoisotopic (exact) mass is 233 g/mol. The zero-order valence-electron chi connectivity index (χ0n) is 6.76. The third-order valence-corrected chi connectivity index (χ3v) is 2.84. The molecule has 1 aromatic heterocycles. The van der Waals surface area contributed by atoms with Gasteiger partial charge in [0.15, 0.2) is 0 Å². The largest absolute Gasteiger partial charge is 0.275 e. The lowest BCUT2D eigenvalue weighted by molar-refractivity contribution is 1.08. The third-order valence-electron chi connectivity index (χ3n) is 2.35. The van der Waals surface area contributed by atoms with Gasteiger partial charge in [0, 0.05) is 22.0 Å². The van der Waals surface area contributed by atoms with Crippen molar-refractivity contribution in [2.45, 2.75) is 6.42 Å². The summed E-state index contributed by atoms with van der Waals surface area (Å²) in [5.41, 5.74) is 4.79. The Hall–Kier alpha value is -1.09. The van der Waals surface area contributed by atoms with E-state index in [2.05, 4.69) is 44.5 Å². The minimum absolute atomic E-state index is 0.945. The van der Waals surface area contributed by atoms with Crippen molar-refractivity contribution >= 4 is 15.9 Å². The molecule has 0 saturated heterocycles. The van der Waals surface area contributed by atoms with Crippen molar-refractivity contribution in [3.63, 3.8) is 0 Å². The molecule has 1 heterocycles. The molecule has 3 rings (SSSR count). The number of rotatable bonds is 0. The molecular formula is C10H6BrN2. The Labute approximate surface area is 84.1 Å². The van der Waals surface area contributed by atoms with Gasteiger partial charge in [-0.3, -0.25) is 5.10 Å². The molecule has 0 unspecified atom stereocenters. The number of nitrogens with one attached hydrogen (secondary N) is 1. The first-order valence-corrected chi connectivity index (χ1v) is 4.87. The third kappa shape index (κ3) is 0.968. The molecule has 2 aromatic rings. The minimum atomic E-state index is 0.945. The van der Waals surface area contributed by atoms with Gasteiger partial charge in [0.05, 0.1) is 11.9 Å². The van der Waals surface area contributed by atoms with Gasteiger partial charge in [-0.25, -0.2) is 0 Å². The lowest BCUT2D eigenvalue weighted by Crippen LogP contribution is -1.81. The lowest BCUT2D eigenvalue weighted by Gasteiger charge is -1.98. The van der Waals surface area contributed by atoms with Crippen molar-refractivity contribution in [3.8, 4) is 11.3 Å². The molecule has 0 fully saturated rings. The Bertz CT molecular complexity index is 474. The number of aromatic amines is 1. The molecule has 1 aromatic carbocycles. The molecule has 0 spiro atoms. The molecule has 0 amide bonds. The van der Waals surface area contributed by atoms with Gasteiger partial charge >= 0.3 is 0 Å². The molecule has 13 heavy (non-hydrogen) atoms. The van der Waals surface area contributed by atoms with Crippen LogP contribution in [0.15, 0.2) is 22.7 Å². The molecule has 1 aliphatic carbocycles. The number of halogens is 1. The Morgan fingerprint density at radius 2 is 2.38 bits per heavy atom. The number of H-pyrrole nitrogens is 1. The van der Waals surface area contributed by atoms with Crippen molar-refractivity contribution in [1.29, 1.82) is 0 Å². The smallest absolute Gasteiger partial charge is 0.0966 e. The normalized spacial score (nSPS) is 12.7. The van der Waals surface area contributed by atoms with Gasteiger partial charge in [0.1, 0.15) is 0 Å². The maximum absolute atomic E-state index is 4.17. The maximum atomic E-state index is 4.17. The highest BCUT2D eigenvalue weighted by Crippen LogP contribution is 2.35. The summed E-state index contributed by atoms with van der Waals surface area (Å²) in [5, 5.41) is 6.94. The first kappa shape index (κ1) is 7.33. The molecule has 1 N–H and O–H groups in total. The fourth-order valence-corrected chi connectivity index (χ4v) is 2.17. The fraction of sp³-hybridized carbons (Fsp3) is 0.100. The minimum Gasteiger partial charge on any atom is -0.275 e. The van der Waals surface area contributed by atoms with E-state index in [9.17, 15) is 0 Å². The number of aromatic nitrogens is 2. The topological polar surface area (TPSA) is 28.7 Å². The Kier molecular flexibility index (Phi) is 1.38. The highest BCUT2D eigenvalue weighted by Gasteiger charge is 2.20. The van der Waals surface area contributed by atoms with Crippen molar-refractivity contribution in [1.82, 2.24) is 10.2 Å². The SMILES string of the molecule is Brc1ccc2c(c1)Cc1[c][nH]nc1-2. The van der Waals surface area contributed by atoms with E-state index in [0.29, 0.717) is 0 Å². The quantitative estimate of drug-likeness (QED) is 0.636. The Morgan fingerprint density at radius 3 is 3.31 bits per heavy atom. The van der Waals surface area contributed by atoms with Crippen LogP contribution in [0.25, 0.3) is 11.3 Å². The second-order valence-corrected chi connectivity index (χ2v) is 4.07. The molecule has 1 aliphatic rings. The molecule has 63 valence electrons. The van der Waals surface area contributed by atoms with Crippen LogP contribution in [0.4, 0.5) is 0 Å². The van der Waals surface area contributed by atoms with Gasteiger partial charge in [-0.15, -0.1) is 0 Å². The lowest BCUT2D eigenvalue weighted by atomic mass is 10.1. The first-order valence-electron chi connectivity index (χ1n) is 4.08. The van der Waals surface area contributed by atoms with Crippen molar-refractivity contribution in [2.75, 3.05) is 0 Å². The summed E-state index contributed by atoms with van der Waals surface area (Å²) in [5.74, 6) is 0. The zero-order chi connectivity index (χ0) is 8.84. The average Bonchev–Trinajstić information content (AvgIpc) is 2.62. The fourth-order valence-electron chi connectivity index (χ4n) is 1.76. The molecule has 0 saturated carbocycles. The van der Waals surface area contributed by atoms with Gasteiger partial charge in [-0.1, -0.05) is 22.0 Å². The van der Waals surface area contributed by atoms with Gasteiger partial charge < -0.3 is 0 Å². The zero-order valence-corrected chi connectivity index (χ0v) is 8.35. The summed E-state index contributed by atoms with van der Waals surface area (Å²) < 4.78 is 1.13. The summed E-state index contributed by atoms with van der Waals surface area (Å²) in [6.45, 7) is 0. The van der Waals surface area contributed by atoms with Crippen LogP contribution in [0.1, 0.15) is 11.1 Å². The summed E-state index contributed by atoms with van der Waals surface area (Å²) in [7, 11) is 0.